The van der Waals surface area contributed by atoms with Crippen LogP contribution >= 0.6 is 12.2 Å². The monoisotopic (exact) mass is 312 g/mol. The summed E-state index contributed by atoms with van der Waals surface area (Å²) in [6, 6.07) is 7.08. The standard InChI is InChI=1S/C13H16N2O5S/c1-20-10-5-3-2-4-9(10)15-13(21)14-7-8(12(18)19)6-11(16)17/h2-5,8H,6-7H2,1H3,(H,16,17)(H,18,19)(H2,14,15,21). The van der Waals surface area contributed by atoms with Crippen molar-refractivity contribution < 1.29 is 24.5 Å². The quantitative estimate of drug-likeness (QED) is 0.556. The van der Waals surface area contributed by atoms with Crippen LogP contribution in [0.2, 0.25) is 0 Å². The number of hydrogen-bond donors (Lipinski definition) is 4. The molecular formula is C13H16N2O5S. The number of anilines is 1. The SMILES string of the molecule is COc1ccccc1NC(=S)NCC(CC(=O)O)C(=O)O. The average molecular weight is 312 g/mol. The molecule has 8 heteroatoms. The lowest BCUT2D eigenvalue weighted by atomic mass is 10.1. The molecule has 0 bridgehead atoms. The van der Waals surface area contributed by atoms with E-state index in [1.165, 1.54) is 7.11 Å². The molecule has 0 saturated heterocycles. The maximum absolute atomic E-state index is 10.9. The Hall–Kier alpha value is -2.35. The Kier molecular flexibility index (Phi) is 6.41. The van der Waals surface area contributed by atoms with Gasteiger partial charge in [-0.1, -0.05) is 12.1 Å². The van der Waals surface area contributed by atoms with E-state index in [0.717, 1.165) is 0 Å². The van der Waals surface area contributed by atoms with E-state index in [9.17, 15) is 9.59 Å². The van der Waals surface area contributed by atoms with Crippen LogP contribution in [-0.2, 0) is 9.59 Å². The number of nitrogens with one attached hydrogen (secondary N) is 2. The third kappa shape index (κ3) is 5.65. The molecule has 1 aromatic carbocycles. The van der Waals surface area contributed by atoms with E-state index in [0.29, 0.717) is 11.4 Å². The fourth-order valence-electron chi connectivity index (χ4n) is 1.59. The maximum Gasteiger partial charge on any atom is 0.308 e. The van der Waals surface area contributed by atoms with Crippen LogP contribution in [0.25, 0.3) is 0 Å². The van der Waals surface area contributed by atoms with E-state index in [4.69, 9.17) is 27.2 Å². The van der Waals surface area contributed by atoms with Gasteiger partial charge in [0.05, 0.1) is 25.1 Å². The molecule has 0 saturated carbocycles. The van der Waals surface area contributed by atoms with Crippen molar-refractivity contribution in [3.8, 4) is 5.75 Å². The first-order valence-electron chi connectivity index (χ1n) is 6.06. The number of rotatable bonds is 7. The molecule has 0 aliphatic rings. The van der Waals surface area contributed by atoms with Gasteiger partial charge in [0.25, 0.3) is 0 Å². The fraction of sp³-hybridized carbons (Fsp3) is 0.308. The van der Waals surface area contributed by atoms with Gasteiger partial charge in [0.2, 0.25) is 0 Å². The van der Waals surface area contributed by atoms with Crippen molar-refractivity contribution in [1.82, 2.24) is 5.32 Å². The largest absolute Gasteiger partial charge is 0.495 e. The van der Waals surface area contributed by atoms with E-state index in [1.807, 2.05) is 0 Å². The van der Waals surface area contributed by atoms with Crippen molar-refractivity contribution in [3.05, 3.63) is 24.3 Å². The van der Waals surface area contributed by atoms with Gasteiger partial charge in [0.15, 0.2) is 5.11 Å². The topological polar surface area (TPSA) is 108 Å². The predicted octanol–water partition coefficient (Wildman–Crippen LogP) is 1.16. The summed E-state index contributed by atoms with van der Waals surface area (Å²) in [5.74, 6) is -2.83. The number of benzene rings is 1. The van der Waals surface area contributed by atoms with Gasteiger partial charge >= 0.3 is 11.9 Å². The highest BCUT2D eigenvalue weighted by Crippen LogP contribution is 2.22. The number of aliphatic carboxylic acids is 2. The number of carboxylic acids is 2. The Morgan fingerprint density at radius 3 is 2.57 bits per heavy atom. The molecule has 4 N–H and O–H groups in total. The molecule has 114 valence electrons. The second-order valence-corrected chi connectivity index (χ2v) is 4.58. The van der Waals surface area contributed by atoms with Gasteiger partial charge in [-0.3, -0.25) is 9.59 Å². The molecule has 7 nitrogen and oxygen atoms in total. The summed E-state index contributed by atoms with van der Waals surface area (Å²) in [6.07, 6.45) is -0.473. The maximum atomic E-state index is 10.9. The summed E-state index contributed by atoms with van der Waals surface area (Å²) in [5, 5.41) is 23.3. The van der Waals surface area contributed by atoms with Crippen molar-refractivity contribution in [2.24, 2.45) is 5.92 Å². The first-order chi connectivity index (χ1) is 9.93. The van der Waals surface area contributed by atoms with Crippen LogP contribution in [0.4, 0.5) is 5.69 Å². The highest BCUT2D eigenvalue weighted by Gasteiger charge is 2.21. The molecule has 0 aromatic heterocycles. The number of thiocarbonyl (C=S) groups is 1. The van der Waals surface area contributed by atoms with Gasteiger partial charge in [-0.15, -0.1) is 0 Å². The minimum atomic E-state index is -1.19. The van der Waals surface area contributed by atoms with Crippen LogP contribution in [0.3, 0.4) is 0 Å². The molecular weight excluding hydrogens is 296 g/mol. The lowest BCUT2D eigenvalue weighted by Gasteiger charge is -2.15. The summed E-state index contributed by atoms with van der Waals surface area (Å²) >= 11 is 5.04. The Bertz CT molecular complexity index is 535. The van der Waals surface area contributed by atoms with Gasteiger partial charge in [-0.05, 0) is 24.4 Å². The summed E-state index contributed by atoms with van der Waals surface area (Å²) in [6.45, 7) is -0.0807. The van der Waals surface area contributed by atoms with Gasteiger partial charge in [0, 0.05) is 6.54 Å². The third-order valence-electron chi connectivity index (χ3n) is 2.63. The van der Waals surface area contributed by atoms with Crippen molar-refractivity contribution >= 4 is 35.0 Å². The average Bonchev–Trinajstić information content (AvgIpc) is 2.43. The van der Waals surface area contributed by atoms with Gasteiger partial charge < -0.3 is 25.6 Å². The summed E-state index contributed by atoms with van der Waals surface area (Å²) in [5.41, 5.74) is 0.627. The van der Waals surface area contributed by atoms with Crippen molar-refractivity contribution in [1.29, 1.82) is 0 Å². The number of hydrogen-bond acceptors (Lipinski definition) is 4. The summed E-state index contributed by atoms with van der Waals surface area (Å²) < 4.78 is 5.14. The molecule has 0 aliphatic heterocycles. The lowest BCUT2D eigenvalue weighted by Crippen LogP contribution is -2.36. The van der Waals surface area contributed by atoms with Crippen molar-refractivity contribution in [2.45, 2.75) is 6.42 Å². The zero-order chi connectivity index (χ0) is 15.8. The highest BCUT2D eigenvalue weighted by atomic mass is 32.1. The normalized spacial score (nSPS) is 11.3. The van der Waals surface area contributed by atoms with Crippen molar-refractivity contribution in [2.75, 3.05) is 19.0 Å². The summed E-state index contributed by atoms with van der Waals surface area (Å²) in [7, 11) is 1.52. The van der Waals surface area contributed by atoms with Crippen LogP contribution in [0.5, 0.6) is 5.75 Å². The van der Waals surface area contributed by atoms with Crippen LogP contribution in [0.1, 0.15) is 6.42 Å². The van der Waals surface area contributed by atoms with Crippen LogP contribution < -0.4 is 15.4 Å². The molecule has 0 aliphatic carbocycles. The molecule has 0 radical (unpaired) electrons. The molecule has 1 rings (SSSR count). The van der Waals surface area contributed by atoms with Crippen LogP contribution in [0.15, 0.2) is 24.3 Å². The molecule has 1 atom stereocenters. The number of ether oxygens (including phenoxy) is 1. The van der Waals surface area contributed by atoms with Gasteiger partial charge in [-0.2, -0.15) is 0 Å². The molecule has 1 aromatic rings. The third-order valence-corrected chi connectivity index (χ3v) is 2.88. The minimum absolute atomic E-state index is 0.0807. The van der Waals surface area contributed by atoms with Gasteiger partial charge in [-0.25, -0.2) is 0 Å². The van der Waals surface area contributed by atoms with Gasteiger partial charge in [0.1, 0.15) is 5.75 Å². The Morgan fingerprint density at radius 1 is 1.33 bits per heavy atom. The zero-order valence-corrected chi connectivity index (χ0v) is 12.1. The summed E-state index contributed by atoms with van der Waals surface area (Å²) in [4.78, 5) is 21.5. The van der Waals surface area contributed by atoms with E-state index in [2.05, 4.69) is 10.6 Å². The van der Waals surface area contributed by atoms with Crippen LogP contribution in [0, 0.1) is 5.92 Å². The fourth-order valence-corrected chi connectivity index (χ4v) is 1.78. The smallest absolute Gasteiger partial charge is 0.308 e. The first kappa shape index (κ1) is 16.7. The lowest BCUT2D eigenvalue weighted by molar-refractivity contribution is -0.148. The molecule has 21 heavy (non-hydrogen) atoms. The number of carbonyl (C=O) groups is 2. The molecule has 0 fully saturated rings. The minimum Gasteiger partial charge on any atom is -0.495 e. The van der Waals surface area contributed by atoms with E-state index < -0.39 is 24.3 Å². The van der Waals surface area contributed by atoms with E-state index >= 15 is 0 Å². The molecule has 0 spiro atoms. The second kappa shape index (κ2) is 8.05. The Labute approximate surface area is 126 Å². The Morgan fingerprint density at radius 2 is 2.00 bits per heavy atom. The van der Waals surface area contributed by atoms with E-state index in [1.54, 1.807) is 24.3 Å². The van der Waals surface area contributed by atoms with E-state index in [-0.39, 0.29) is 11.7 Å². The molecule has 0 heterocycles. The molecule has 1 unspecified atom stereocenters. The number of para-hydroxylation sites is 2. The van der Waals surface area contributed by atoms with Crippen molar-refractivity contribution in [3.63, 3.8) is 0 Å². The number of methoxy groups -OCH3 is 1. The Balaban J connectivity index is 2.57. The molecule has 0 amide bonds. The zero-order valence-electron chi connectivity index (χ0n) is 11.3. The predicted molar refractivity (Wildman–Crippen MR) is 80.6 cm³/mol. The first-order valence-corrected chi connectivity index (χ1v) is 6.47. The second-order valence-electron chi connectivity index (χ2n) is 4.17. The number of carboxylic acid groups (broad SMARTS) is 2. The van der Waals surface area contributed by atoms with Crippen LogP contribution in [-0.4, -0.2) is 40.9 Å². The highest BCUT2D eigenvalue weighted by molar-refractivity contribution is 7.80.